The van der Waals surface area contributed by atoms with Crippen LogP contribution < -0.4 is 4.90 Å². The molecule has 0 saturated carbocycles. The Kier molecular flexibility index (Phi) is 2.36. The van der Waals surface area contributed by atoms with Crippen molar-refractivity contribution < 1.29 is 8.42 Å². The minimum Gasteiger partial charge on any atom is -0.318 e. The zero-order chi connectivity index (χ0) is 14.1. The number of amidine groups is 1. The van der Waals surface area contributed by atoms with Gasteiger partial charge in [-0.05, 0) is 31.2 Å². The van der Waals surface area contributed by atoms with E-state index < -0.39 is 15.1 Å². The third-order valence-electron chi connectivity index (χ3n) is 3.95. The first-order valence-electron chi connectivity index (χ1n) is 6.26. The molecule has 3 aliphatic rings. The summed E-state index contributed by atoms with van der Waals surface area (Å²) in [5.41, 5.74) is 1.54. The highest BCUT2D eigenvalue weighted by molar-refractivity contribution is 9.10. The van der Waals surface area contributed by atoms with Crippen molar-refractivity contribution in [3.05, 3.63) is 46.6 Å². The maximum atomic E-state index is 12.8. The molecule has 0 aromatic heterocycles. The smallest absolute Gasteiger partial charge is 0.189 e. The van der Waals surface area contributed by atoms with E-state index in [9.17, 15) is 8.42 Å². The molecule has 20 heavy (non-hydrogen) atoms. The van der Waals surface area contributed by atoms with Gasteiger partial charge in [0, 0.05) is 4.47 Å². The van der Waals surface area contributed by atoms with Crippen molar-refractivity contribution in [2.45, 2.75) is 23.1 Å². The van der Waals surface area contributed by atoms with Crippen LogP contribution in [0.1, 0.15) is 6.92 Å². The van der Waals surface area contributed by atoms with Gasteiger partial charge in [-0.25, -0.2) is 13.4 Å². The summed E-state index contributed by atoms with van der Waals surface area (Å²) in [5, 5.41) is -0.564. The van der Waals surface area contributed by atoms with E-state index in [4.69, 9.17) is 0 Å². The lowest BCUT2D eigenvalue weighted by atomic mass is 10.0. The number of sulfone groups is 1. The zero-order valence-corrected chi connectivity index (χ0v) is 13.0. The number of fused-ring (bicyclic) bond motifs is 2. The Bertz CT molecular complexity index is 824. The van der Waals surface area contributed by atoms with E-state index in [2.05, 4.69) is 20.9 Å². The van der Waals surface area contributed by atoms with Gasteiger partial charge >= 0.3 is 0 Å². The normalized spacial score (nSPS) is 28.6. The fourth-order valence-corrected chi connectivity index (χ4v) is 5.57. The van der Waals surface area contributed by atoms with Crippen LogP contribution in [0.25, 0.3) is 0 Å². The number of anilines is 1. The molecule has 102 valence electrons. The third-order valence-corrected chi connectivity index (χ3v) is 6.51. The van der Waals surface area contributed by atoms with Crippen LogP contribution >= 0.6 is 15.9 Å². The van der Waals surface area contributed by atoms with Crippen molar-refractivity contribution in [2.24, 2.45) is 4.99 Å². The second-order valence-electron chi connectivity index (χ2n) is 5.07. The minimum atomic E-state index is -3.39. The Morgan fingerprint density at radius 3 is 2.95 bits per heavy atom. The molecule has 1 aromatic rings. The standard InChI is InChI=1S/C14H11BrN2O2S/c1-8-16-10-3-2-4-12-14(10)17(8)11-6-5-9(15)7-13(11)20(12,18)19/h2-7,12,14H,1H3. The van der Waals surface area contributed by atoms with Crippen molar-refractivity contribution in [3.63, 3.8) is 0 Å². The predicted octanol–water partition coefficient (Wildman–Crippen LogP) is 2.67. The fraction of sp³-hybridized carbons (Fsp3) is 0.214. The highest BCUT2D eigenvalue weighted by atomic mass is 79.9. The van der Waals surface area contributed by atoms with Crippen molar-refractivity contribution in [1.82, 2.24) is 0 Å². The molecule has 2 aliphatic heterocycles. The third kappa shape index (κ3) is 1.41. The van der Waals surface area contributed by atoms with Crippen molar-refractivity contribution in [2.75, 3.05) is 4.90 Å². The monoisotopic (exact) mass is 350 g/mol. The van der Waals surface area contributed by atoms with Gasteiger partial charge in [0.1, 0.15) is 11.1 Å². The van der Waals surface area contributed by atoms with E-state index >= 15 is 0 Å². The van der Waals surface area contributed by atoms with Crippen molar-refractivity contribution >= 4 is 37.3 Å². The molecule has 1 aromatic carbocycles. The first-order valence-corrected chi connectivity index (χ1v) is 8.60. The lowest BCUT2D eigenvalue weighted by Crippen LogP contribution is -2.50. The maximum Gasteiger partial charge on any atom is 0.189 e. The van der Waals surface area contributed by atoms with E-state index in [0.29, 0.717) is 4.90 Å². The van der Waals surface area contributed by atoms with Gasteiger partial charge in [-0.2, -0.15) is 0 Å². The molecule has 0 saturated heterocycles. The van der Waals surface area contributed by atoms with E-state index in [-0.39, 0.29) is 6.04 Å². The minimum absolute atomic E-state index is 0.223. The molecule has 2 unspecified atom stereocenters. The number of allylic oxidation sites excluding steroid dienone is 2. The van der Waals surface area contributed by atoms with Crippen LogP contribution in [0.5, 0.6) is 0 Å². The average Bonchev–Trinajstić information content (AvgIpc) is 2.73. The van der Waals surface area contributed by atoms with E-state index in [1.54, 1.807) is 18.2 Å². The SMILES string of the molecule is CC1=NC2=CC=CC3C2N1c1ccc(Br)cc1S3(=O)=O. The molecule has 0 fully saturated rings. The number of benzene rings is 1. The summed E-state index contributed by atoms with van der Waals surface area (Å²) in [6, 6.07) is 5.16. The highest BCUT2D eigenvalue weighted by Gasteiger charge is 2.49. The summed E-state index contributed by atoms with van der Waals surface area (Å²) in [7, 11) is -3.39. The van der Waals surface area contributed by atoms with E-state index in [0.717, 1.165) is 21.7 Å². The molecule has 2 heterocycles. The van der Waals surface area contributed by atoms with E-state index in [1.165, 1.54) is 0 Å². The van der Waals surface area contributed by atoms with Crippen LogP contribution in [0.2, 0.25) is 0 Å². The Morgan fingerprint density at radius 1 is 1.35 bits per heavy atom. The molecule has 6 heteroatoms. The number of nitrogens with zero attached hydrogens (tertiary/aromatic N) is 2. The Hall–Kier alpha value is -1.40. The van der Waals surface area contributed by atoms with Gasteiger partial charge in [-0.3, -0.25) is 0 Å². The van der Waals surface area contributed by atoms with Crippen LogP contribution in [0.4, 0.5) is 5.69 Å². The molecule has 4 nitrogen and oxygen atoms in total. The van der Waals surface area contributed by atoms with Crippen LogP contribution in [-0.2, 0) is 9.84 Å². The largest absolute Gasteiger partial charge is 0.318 e. The van der Waals surface area contributed by atoms with Gasteiger partial charge in [-0.1, -0.05) is 28.1 Å². The summed E-state index contributed by atoms with van der Waals surface area (Å²) in [4.78, 5) is 6.92. The second-order valence-corrected chi connectivity index (χ2v) is 8.06. The quantitative estimate of drug-likeness (QED) is 0.722. The van der Waals surface area contributed by atoms with E-state index in [1.807, 2.05) is 30.0 Å². The van der Waals surface area contributed by atoms with Gasteiger partial charge in [0.25, 0.3) is 0 Å². The number of hydrogen-bond acceptors (Lipinski definition) is 4. The molecule has 0 amide bonds. The molecule has 0 N–H and O–H groups in total. The van der Waals surface area contributed by atoms with Gasteiger partial charge in [0.05, 0.1) is 22.3 Å². The molecule has 4 rings (SSSR count). The van der Waals surface area contributed by atoms with Crippen LogP contribution in [-0.4, -0.2) is 25.5 Å². The van der Waals surface area contributed by atoms with Gasteiger partial charge in [-0.15, -0.1) is 0 Å². The molecule has 1 aliphatic carbocycles. The van der Waals surface area contributed by atoms with Crippen LogP contribution in [0, 0.1) is 0 Å². The summed E-state index contributed by atoms with van der Waals surface area (Å²) in [6.45, 7) is 1.92. The summed E-state index contributed by atoms with van der Waals surface area (Å²) >= 11 is 3.35. The second kappa shape index (κ2) is 3.83. The number of rotatable bonds is 0. The average molecular weight is 351 g/mol. The molecule has 0 radical (unpaired) electrons. The van der Waals surface area contributed by atoms with Gasteiger partial charge in [0.15, 0.2) is 9.84 Å². The summed E-state index contributed by atoms with van der Waals surface area (Å²) < 4.78 is 26.4. The van der Waals surface area contributed by atoms with Crippen molar-refractivity contribution in [3.8, 4) is 0 Å². The summed E-state index contributed by atoms with van der Waals surface area (Å²) in [6.07, 6.45) is 5.44. The molecular weight excluding hydrogens is 340 g/mol. The lowest BCUT2D eigenvalue weighted by molar-refractivity contribution is 0.573. The Balaban J connectivity index is 2.08. The van der Waals surface area contributed by atoms with Gasteiger partial charge < -0.3 is 4.90 Å². The number of halogens is 1. The summed E-state index contributed by atoms with van der Waals surface area (Å²) in [5.74, 6) is 0.841. The molecule has 2 atom stereocenters. The predicted molar refractivity (Wildman–Crippen MR) is 81.7 cm³/mol. The number of hydrogen-bond donors (Lipinski definition) is 0. The lowest BCUT2D eigenvalue weighted by Gasteiger charge is -2.38. The van der Waals surface area contributed by atoms with Crippen LogP contribution in [0.15, 0.2) is 56.5 Å². The zero-order valence-electron chi connectivity index (χ0n) is 10.6. The van der Waals surface area contributed by atoms with Crippen molar-refractivity contribution in [1.29, 1.82) is 0 Å². The number of aliphatic imine (C=N–C) groups is 1. The topological polar surface area (TPSA) is 49.7 Å². The molecular formula is C14H11BrN2O2S. The highest BCUT2D eigenvalue weighted by Crippen LogP contribution is 2.45. The molecule has 0 spiro atoms. The molecule has 0 bridgehead atoms. The Morgan fingerprint density at radius 2 is 2.15 bits per heavy atom. The maximum absolute atomic E-state index is 12.8. The first kappa shape index (κ1) is 12.3. The van der Waals surface area contributed by atoms with Crippen LogP contribution in [0.3, 0.4) is 0 Å². The Labute approximate surface area is 125 Å². The van der Waals surface area contributed by atoms with Gasteiger partial charge in [0.2, 0.25) is 0 Å². The fourth-order valence-electron chi connectivity index (χ4n) is 3.12. The first-order chi connectivity index (χ1) is 9.50.